The molecule has 28 heavy (non-hydrogen) atoms. The maximum atomic E-state index is 12.4. The van der Waals surface area contributed by atoms with E-state index in [-0.39, 0.29) is 11.5 Å². The first-order chi connectivity index (χ1) is 13.4. The number of nitrogens with one attached hydrogen (secondary N) is 1. The molecule has 1 saturated heterocycles. The molecule has 0 amide bonds. The minimum atomic E-state index is -1.15. The summed E-state index contributed by atoms with van der Waals surface area (Å²) in [6.45, 7) is 0. The van der Waals surface area contributed by atoms with Crippen LogP contribution in [0.1, 0.15) is 23.1 Å². The highest BCUT2D eigenvalue weighted by molar-refractivity contribution is 6.30. The van der Waals surface area contributed by atoms with Gasteiger partial charge in [-0.25, -0.2) is 0 Å². The van der Waals surface area contributed by atoms with Crippen LogP contribution in [0.2, 0.25) is 5.02 Å². The number of ether oxygens (including phenoxy) is 2. The average Bonchev–Trinajstić information content (AvgIpc) is 3.09. The van der Waals surface area contributed by atoms with Crippen molar-refractivity contribution in [3.8, 4) is 11.5 Å². The lowest BCUT2D eigenvalue weighted by molar-refractivity contribution is -0.527. The van der Waals surface area contributed by atoms with E-state index in [0.29, 0.717) is 16.1 Å². The Balaban J connectivity index is 2.10. The predicted molar refractivity (Wildman–Crippen MR) is 101 cm³/mol. The first-order valence-electron chi connectivity index (χ1n) is 8.47. The van der Waals surface area contributed by atoms with E-state index in [4.69, 9.17) is 21.1 Å². The van der Waals surface area contributed by atoms with E-state index < -0.39 is 34.9 Å². The van der Waals surface area contributed by atoms with E-state index in [9.17, 15) is 20.0 Å². The van der Waals surface area contributed by atoms with Crippen LogP contribution in [0.3, 0.4) is 0 Å². The molecule has 0 radical (unpaired) electrons. The number of phenols is 1. The fourth-order valence-electron chi connectivity index (χ4n) is 3.65. The van der Waals surface area contributed by atoms with Gasteiger partial charge in [-0.1, -0.05) is 29.8 Å². The zero-order chi connectivity index (χ0) is 20.4. The zero-order valence-electron chi connectivity index (χ0n) is 15.2. The van der Waals surface area contributed by atoms with Gasteiger partial charge >= 0.3 is 5.97 Å². The van der Waals surface area contributed by atoms with Crippen LogP contribution in [0.15, 0.2) is 42.5 Å². The van der Waals surface area contributed by atoms with Crippen molar-refractivity contribution in [1.29, 1.82) is 0 Å². The number of methoxy groups -OCH3 is 2. The van der Waals surface area contributed by atoms with E-state index in [2.05, 4.69) is 5.32 Å². The molecule has 3 rings (SSSR count). The topological polar surface area (TPSA) is 111 Å². The van der Waals surface area contributed by atoms with Crippen molar-refractivity contribution >= 4 is 17.6 Å². The second-order valence-corrected chi connectivity index (χ2v) is 6.87. The molecule has 9 heteroatoms. The molecule has 0 bridgehead atoms. The van der Waals surface area contributed by atoms with Crippen molar-refractivity contribution in [2.45, 2.75) is 24.0 Å². The number of halogens is 1. The quantitative estimate of drug-likeness (QED) is 0.446. The highest BCUT2D eigenvalue weighted by Gasteiger charge is 2.55. The highest BCUT2D eigenvalue weighted by atomic mass is 35.5. The Bertz CT molecular complexity index is 888. The van der Waals surface area contributed by atoms with Gasteiger partial charge in [-0.2, -0.15) is 0 Å². The van der Waals surface area contributed by atoms with Crippen molar-refractivity contribution in [3.63, 3.8) is 0 Å². The number of hydrogen-bond acceptors (Lipinski definition) is 7. The molecular weight excluding hydrogens is 388 g/mol. The predicted octanol–water partition coefficient (Wildman–Crippen LogP) is 2.67. The van der Waals surface area contributed by atoms with Crippen LogP contribution in [0, 0.1) is 10.1 Å². The molecule has 0 aliphatic carbocycles. The maximum Gasteiger partial charge on any atom is 0.323 e. The number of phenolic OH excluding ortho intramolecular Hbond substituents is 1. The minimum Gasteiger partial charge on any atom is -0.504 e. The summed E-state index contributed by atoms with van der Waals surface area (Å²) in [4.78, 5) is 24.0. The second-order valence-electron chi connectivity index (χ2n) is 6.43. The number of esters is 1. The summed E-state index contributed by atoms with van der Waals surface area (Å²) in [7, 11) is 2.63. The lowest BCUT2D eigenvalue weighted by Crippen LogP contribution is -2.37. The van der Waals surface area contributed by atoms with Gasteiger partial charge in [-0.15, -0.1) is 0 Å². The number of carbonyl (C=O) groups is 1. The number of benzene rings is 2. The second kappa shape index (κ2) is 8.04. The third-order valence-electron chi connectivity index (χ3n) is 4.94. The third-order valence-corrected chi connectivity index (χ3v) is 5.20. The summed E-state index contributed by atoms with van der Waals surface area (Å²) in [5.74, 6) is -1.27. The SMILES string of the molecule is COC(=O)C1NC(c2ccc(O)c(OC)c2)C([N+](=O)[O-])C1c1ccc(Cl)cc1. The first kappa shape index (κ1) is 19.9. The monoisotopic (exact) mass is 406 g/mol. The van der Waals surface area contributed by atoms with Gasteiger partial charge in [0, 0.05) is 9.95 Å². The molecular formula is C19H19ClN2O6. The van der Waals surface area contributed by atoms with Gasteiger partial charge in [0.05, 0.1) is 20.1 Å². The van der Waals surface area contributed by atoms with Crippen molar-refractivity contribution < 1.29 is 24.3 Å². The molecule has 1 aliphatic heterocycles. The zero-order valence-corrected chi connectivity index (χ0v) is 15.9. The average molecular weight is 407 g/mol. The third kappa shape index (κ3) is 3.61. The van der Waals surface area contributed by atoms with E-state index in [1.165, 1.54) is 26.4 Å². The lowest BCUT2D eigenvalue weighted by Gasteiger charge is -2.19. The number of nitro groups is 1. The summed E-state index contributed by atoms with van der Waals surface area (Å²) in [6.07, 6.45) is 0. The highest BCUT2D eigenvalue weighted by Crippen LogP contribution is 2.42. The van der Waals surface area contributed by atoms with Crippen LogP contribution in [-0.4, -0.2) is 42.3 Å². The van der Waals surface area contributed by atoms with Gasteiger partial charge in [-0.3, -0.25) is 20.2 Å². The van der Waals surface area contributed by atoms with E-state index >= 15 is 0 Å². The van der Waals surface area contributed by atoms with Crippen LogP contribution in [0.25, 0.3) is 0 Å². The van der Waals surface area contributed by atoms with Crippen molar-refractivity contribution in [2.24, 2.45) is 0 Å². The fourth-order valence-corrected chi connectivity index (χ4v) is 3.78. The Morgan fingerprint density at radius 3 is 2.39 bits per heavy atom. The summed E-state index contributed by atoms with van der Waals surface area (Å²) in [6, 6.07) is 8.18. The molecule has 0 aromatic heterocycles. The van der Waals surface area contributed by atoms with Crippen LogP contribution >= 0.6 is 11.6 Å². The molecule has 8 nitrogen and oxygen atoms in total. The molecule has 148 valence electrons. The molecule has 2 aromatic rings. The molecule has 0 spiro atoms. The fraction of sp³-hybridized carbons (Fsp3) is 0.316. The molecule has 4 atom stereocenters. The van der Waals surface area contributed by atoms with Crippen LogP contribution in [0.5, 0.6) is 11.5 Å². The number of hydrogen-bond donors (Lipinski definition) is 2. The molecule has 0 saturated carbocycles. The largest absolute Gasteiger partial charge is 0.504 e. The van der Waals surface area contributed by atoms with Gasteiger partial charge in [0.25, 0.3) is 0 Å². The Hall–Kier alpha value is -2.84. The maximum absolute atomic E-state index is 12.4. The standard InChI is InChI=1S/C19H19ClN2O6/c1-27-14-9-11(5-8-13(14)23)16-18(22(25)26)15(17(21-16)19(24)28-2)10-3-6-12(20)7-4-10/h3-9,15-18,21,23H,1-2H3. The van der Waals surface area contributed by atoms with Crippen LogP contribution < -0.4 is 10.1 Å². The summed E-state index contributed by atoms with van der Waals surface area (Å²) in [5, 5.41) is 25.4. The van der Waals surface area contributed by atoms with Crippen LogP contribution in [0.4, 0.5) is 0 Å². The van der Waals surface area contributed by atoms with E-state index in [1.54, 1.807) is 30.3 Å². The summed E-state index contributed by atoms with van der Waals surface area (Å²) >= 11 is 5.94. The number of carbonyl (C=O) groups excluding carboxylic acids is 1. The Kier molecular flexibility index (Phi) is 5.71. The number of aromatic hydroxyl groups is 1. The molecule has 4 unspecified atom stereocenters. The Morgan fingerprint density at radius 2 is 1.82 bits per heavy atom. The number of rotatable bonds is 5. The Labute approximate surface area is 166 Å². The lowest BCUT2D eigenvalue weighted by atomic mass is 9.85. The first-order valence-corrected chi connectivity index (χ1v) is 8.85. The normalized spacial score (nSPS) is 24.0. The summed E-state index contributed by atoms with van der Waals surface area (Å²) < 4.78 is 9.98. The molecule has 2 N–H and O–H groups in total. The smallest absolute Gasteiger partial charge is 0.323 e. The summed E-state index contributed by atoms with van der Waals surface area (Å²) in [5.41, 5.74) is 1.11. The molecule has 2 aromatic carbocycles. The van der Waals surface area contributed by atoms with Crippen molar-refractivity contribution in [3.05, 3.63) is 68.7 Å². The van der Waals surface area contributed by atoms with Crippen molar-refractivity contribution in [2.75, 3.05) is 14.2 Å². The van der Waals surface area contributed by atoms with Gasteiger partial charge in [0.1, 0.15) is 12.1 Å². The Morgan fingerprint density at radius 1 is 1.18 bits per heavy atom. The van der Waals surface area contributed by atoms with E-state index in [1.807, 2.05) is 0 Å². The van der Waals surface area contributed by atoms with Gasteiger partial charge in [-0.05, 0) is 35.4 Å². The molecule has 1 heterocycles. The van der Waals surface area contributed by atoms with Gasteiger partial charge in [0.2, 0.25) is 6.04 Å². The molecule has 1 aliphatic rings. The molecule has 1 fully saturated rings. The van der Waals surface area contributed by atoms with Crippen molar-refractivity contribution in [1.82, 2.24) is 5.32 Å². The van der Waals surface area contributed by atoms with Gasteiger partial charge in [0.15, 0.2) is 11.5 Å². The number of nitrogens with zero attached hydrogens (tertiary/aromatic N) is 1. The minimum absolute atomic E-state index is 0.0827. The van der Waals surface area contributed by atoms with Gasteiger partial charge < -0.3 is 14.6 Å². The van der Waals surface area contributed by atoms with Crippen LogP contribution in [-0.2, 0) is 9.53 Å². The van der Waals surface area contributed by atoms with E-state index in [0.717, 1.165) is 0 Å².